The summed E-state index contributed by atoms with van der Waals surface area (Å²) in [6.45, 7) is 18.6. The van der Waals surface area contributed by atoms with Gasteiger partial charge in [-0.3, -0.25) is 0 Å². The van der Waals surface area contributed by atoms with Crippen LogP contribution in [0.3, 0.4) is 0 Å². The number of rotatable bonds is 4. The number of thiazole rings is 1. The normalized spacial score (nSPS) is 14.0. The minimum atomic E-state index is -0.119. The maximum Gasteiger partial charge on any atom is 0.198 e. The molecule has 8 aromatic carbocycles. The van der Waals surface area contributed by atoms with Gasteiger partial charge in [0.05, 0.1) is 15.7 Å². The summed E-state index contributed by atoms with van der Waals surface area (Å²) in [5, 5.41) is 10.3. The van der Waals surface area contributed by atoms with E-state index in [0.717, 1.165) is 34.7 Å². The zero-order valence-electron chi connectivity index (χ0n) is 38.8. The molecule has 3 nitrogen and oxygen atoms in total. The molecular weight excluding hydrogens is 838 g/mol. The van der Waals surface area contributed by atoms with Crippen molar-refractivity contribution in [2.75, 3.05) is 5.32 Å². The van der Waals surface area contributed by atoms with Gasteiger partial charge in [0, 0.05) is 70.1 Å². The standard InChI is InChI=1S/C60H50BN3S2/c1-58(2,3)34-18-21-36(22-19-34)62-48-31-53-44(43-26-35(59(4,5)6)20-25-52(43)65-53)28-41(48)38-23-24-39-42-27-40-37-16-12-13-17-45(37)60(7,8)46(40)29-50(42)64-51-32-54-49(30-47(51)61-55(38)56(39)64)63-57(66-54)33-14-10-9-11-15-33/h9-32,61-62H,1-8H3. The summed E-state index contributed by atoms with van der Waals surface area (Å²) < 4.78 is 6.45. The van der Waals surface area contributed by atoms with E-state index in [1.807, 2.05) is 11.3 Å². The number of hydrogen-bond acceptors (Lipinski definition) is 4. The van der Waals surface area contributed by atoms with Crippen LogP contribution in [0.4, 0.5) is 11.4 Å². The molecular formula is C60H50BN3S2. The molecule has 0 amide bonds. The number of nitrogens with zero attached hydrogens (tertiary/aromatic N) is 2. The number of anilines is 2. The Balaban J connectivity index is 1.09. The predicted molar refractivity (Wildman–Crippen MR) is 289 cm³/mol. The molecule has 66 heavy (non-hydrogen) atoms. The van der Waals surface area contributed by atoms with Gasteiger partial charge in [0.25, 0.3) is 0 Å². The lowest BCUT2D eigenvalue weighted by Crippen LogP contribution is -2.37. The fraction of sp³-hybridized carbons (Fsp3) is 0.183. The van der Waals surface area contributed by atoms with Gasteiger partial charge in [-0.15, -0.1) is 22.7 Å². The quantitative estimate of drug-likeness (QED) is 0.178. The summed E-state index contributed by atoms with van der Waals surface area (Å²) in [5.41, 5.74) is 21.6. The Hall–Kier alpha value is -6.47. The molecule has 0 fully saturated rings. The maximum absolute atomic E-state index is 5.28. The maximum atomic E-state index is 5.28. The Bertz CT molecular complexity index is 3850. The zero-order valence-corrected chi connectivity index (χ0v) is 40.4. The Morgan fingerprint density at radius 1 is 0.561 bits per heavy atom. The lowest BCUT2D eigenvalue weighted by atomic mass is 9.59. The van der Waals surface area contributed by atoms with Gasteiger partial charge >= 0.3 is 0 Å². The number of fused-ring (bicyclic) bond motifs is 12. The molecule has 3 aromatic heterocycles. The second-order valence-corrected chi connectivity index (χ2v) is 23.4. The fourth-order valence-corrected chi connectivity index (χ4v) is 13.2. The molecule has 0 unspecified atom stereocenters. The Morgan fingerprint density at radius 3 is 2.08 bits per heavy atom. The summed E-state index contributed by atoms with van der Waals surface area (Å²) in [6, 6.07) is 55.4. The predicted octanol–water partition coefficient (Wildman–Crippen LogP) is 15.4. The van der Waals surface area contributed by atoms with Crippen molar-refractivity contribution < 1.29 is 0 Å². The average molecular weight is 888 g/mol. The van der Waals surface area contributed by atoms with Crippen molar-refractivity contribution in [3.8, 4) is 38.5 Å². The minimum absolute atomic E-state index is 0.0457. The molecule has 4 heterocycles. The van der Waals surface area contributed by atoms with Gasteiger partial charge in [-0.25, -0.2) is 4.98 Å². The number of benzene rings is 8. The van der Waals surface area contributed by atoms with E-state index in [-0.39, 0.29) is 16.2 Å². The molecule has 0 spiro atoms. The van der Waals surface area contributed by atoms with Gasteiger partial charge in [-0.05, 0) is 116 Å². The van der Waals surface area contributed by atoms with Crippen molar-refractivity contribution in [2.45, 2.75) is 71.6 Å². The van der Waals surface area contributed by atoms with Crippen LogP contribution in [0.2, 0.25) is 0 Å². The van der Waals surface area contributed by atoms with Crippen molar-refractivity contribution in [1.82, 2.24) is 9.55 Å². The first-order valence-corrected chi connectivity index (χ1v) is 24.9. The van der Waals surface area contributed by atoms with E-state index in [0.29, 0.717) is 0 Å². The van der Waals surface area contributed by atoms with Crippen molar-refractivity contribution in [3.05, 3.63) is 168 Å². The fourth-order valence-electron chi connectivity index (χ4n) is 11.1. The van der Waals surface area contributed by atoms with Crippen LogP contribution in [0.15, 0.2) is 146 Å². The molecule has 0 bridgehead atoms. The van der Waals surface area contributed by atoms with Gasteiger partial charge < -0.3 is 9.88 Å². The van der Waals surface area contributed by atoms with Crippen LogP contribution < -0.4 is 16.2 Å². The highest BCUT2D eigenvalue weighted by Crippen LogP contribution is 2.52. The van der Waals surface area contributed by atoms with Crippen LogP contribution in [0.25, 0.3) is 90.7 Å². The molecule has 320 valence electrons. The second-order valence-electron chi connectivity index (χ2n) is 21.3. The lowest BCUT2D eigenvalue weighted by Gasteiger charge is -2.25. The molecule has 0 saturated heterocycles. The lowest BCUT2D eigenvalue weighted by molar-refractivity contribution is 0.590. The Labute approximate surface area is 395 Å². The summed E-state index contributed by atoms with van der Waals surface area (Å²) in [6.07, 6.45) is 0. The van der Waals surface area contributed by atoms with E-state index in [4.69, 9.17) is 4.98 Å². The largest absolute Gasteiger partial charge is 0.355 e. The molecule has 11 aromatic rings. The van der Waals surface area contributed by atoms with Crippen molar-refractivity contribution in [3.63, 3.8) is 0 Å². The number of nitrogens with one attached hydrogen (secondary N) is 1. The number of aromatic nitrogens is 2. The van der Waals surface area contributed by atoms with Crippen LogP contribution >= 0.6 is 22.7 Å². The topological polar surface area (TPSA) is 29.9 Å². The zero-order chi connectivity index (χ0) is 45.0. The van der Waals surface area contributed by atoms with Crippen LogP contribution in [0.1, 0.15) is 77.6 Å². The van der Waals surface area contributed by atoms with Gasteiger partial charge in [-0.1, -0.05) is 146 Å². The number of hydrogen-bond donors (Lipinski definition) is 1. The first-order valence-electron chi connectivity index (χ1n) is 23.3. The van der Waals surface area contributed by atoms with E-state index >= 15 is 0 Å². The van der Waals surface area contributed by atoms with Crippen LogP contribution in [-0.4, -0.2) is 16.8 Å². The Kier molecular flexibility index (Phi) is 8.33. The van der Waals surface area contributed by atoms with Crippen molar-refractivity contribution >= 4 is 104 Å². The van der Waals surface area contributed by atoms with E-state index in [1.165, 1.54) is 108 Å². The highest BCUT2D eigenvalue weighted by molar-refractivity contribution is 7.25. The summed E-state index contributed by atoms with van der Waals surface area (Å²) >= 11 is 3.68. The third-order valence-corrected chi connectivity index (χ3v) is 17.0. The summed E-state index contributed by atoms with van der Waals surface area (Å²) in [7, 11) is 0.802. The molecule has 0 saturated carbocycles. The highest BCUT2D eigenvalue weighted by atomic mass is 32.1. The molecule has 1 aliphatic heterocycles. The van der Waals surface area contributed by atoms with E-state index in [1.54, 1.807) is 11.3 Å². The van der Waals surface area contributed by atoms with Crippen molar-refractivity contribution in [1.29, 1.82) is 0 Å². The molecule has 0 radical (unpaired) electrons. The second kappa shape index (κ2) is 13.8. The molecule has 6 heteroatoms. The van der Waals surface area contributed by atoms with E-state index in [2.05, 4.69) is 211 Å². The third-order valence-electron chi connectivity index (χ3n) is 14.8. The minimum Gasteiger partial charge on any atom is -0.355 e. The van der Waals surface area contributed by atoms with Gasteiger partial charge in [0.15, 0.2) is 7.28 Å². The molecule has 1 aliphatic carbocycles. The van der Waals surface area contributed by atoms with Crippen LogP contribution in [-0.2, 0) is 16.2 Å². The third kappa shape index (κ3) is 5.90. The van der Waals surface area contributed by atoms with Crippen LogP contribution in [0.5, 0.6) is 0 Å². The van der Waals surface area contributed by atoms with E-state index in [9.17, 15) is 0 Å². The smallest absolute Gasteiger partial charge is 0.198 e. The summed E-state index contributed by atoms with van der Waals surface area (Å²) in [4.78, 5) is 5.28. The molecule has 1 N–H and O–H groups in total. The first kappa shape index (κ1) is 39.9. The van der Waals surface area contributed by atoms with Crippen LogP contribution in [0, 0.1) is 0 Å². The molecule has 13 rings (SSSR count). The molecule has 0 atom stereocenters. The average Bonchev–Trinajstić information content (AvgIpc) is 4.03. The highest BCUT2D eigenvalue weighted by Gasteiger charge is 2.37. The Morgan fingerprint density at radius 2 is 1.29 bits per heavy atom. The van der Waals surface area contributed by atoms with Crippen molar-refractivity contribution in [2.24, 2.45) is 0 Å². The molecule has 2 aliphatic rings. The first-order chi connectivity index (χ1) is 31.7. The van der Waals surface area contributed by atoms with Gasteiger partial charge in [0.1, 0.15) is 5.01 Å². The number of thiophene rings is 1. The SMILES string of the molecule is CC(C)(C)c1ccc(Nc2cc3sc4ccc(C(C)(C)C)cc4c3cc2-c2ccc3c4cc5c(cc4n4c3c2Bc2cc3nc(-c6ccccc6)sc3cc2-4)C(C)(C)c2ccccc2-5)cc1. The summed E-state index contributed by atoms with van der Waals surface area (Å²) in [5.74, 6) is 0. The van der Waals surface area contributed by atoms with Gasteiger partial charge in [0.2, 0.25) is 0 Å². The van der Waals surface area contributed by atoms with E-state index < -0.39 is 0 Å². The van der Waals surface area contributed by atoms with Gasteiger partial charge in [-0.2, -0.15) is 0 Å². The monoisotopic (exact) mass is 887 g/mol.